The average molecular weight is 485 g/mol. The molecule has 0 aliphatic heterocycles. The van der Waals surface area contributed by atoms with Gasteiger partial charge in [0.2, 0.25) is 0 Å². The van der Waals surface area contributed by atoms with Crippen LogP contribution < -0.4 is 9.47 Å². The van der Waals surface area contributed by atoms with Crippen LogP contribution in [0.25, 0.3) is 0 Å². The number of carbonyl (C=O) groups is 2. The van der Waals surface area contributed by atoms with E-state index >= 15 is 0 Å². The van der Waals surface area contributed by atoms with E-state index in [4.69, 9.17) is 18.9 Å². The fourth-order valence-corrected chi connectivity index (χ4v) is 3.07. The van der Waals surface area contributed by atoms with Crippen molar-refractivity contribution in [2.75, 3.05) is 26.4 Å². The van der Waals surface area contributed by atoms with Crippen molar-refractivity contribution < 1.29 is 38.7 Å². The summed E-state index contributed by atoms with van der Waals surface area (Å²) in [7, 11) is 0. The molecule has 8 nitrogen and oxygen atoms in total. The van der Waals surface area contributed by atoms with E-state index in [1.165, 1.54) is 0 Å². The van der Waals surface area contributed by atoms with Crippen molar-refractivity contribution in [2.24, 2.45) is 0 Å². The number of aliphatic hydroxyl groups excluding tert-OH is 2. The van der Waals surface area contributed by atoms with Gasteiger partial charge in [0.05, 0.1) is 0 Å². The molecule has 0 saturated carbocycles. The summed E-state index contributed by atoms with van der Waals surface area (Å²) in [4.78, 5) is 22.2. The predicted molar refractivity (Wildman–Crippen MR) is 130 cm³/mol. The van der Waals surface area contributed by atoms with E-state index in [-0.39, 0.29) is 26.4 Å². The van der Waals surface area contributed by atoms with Crippen LogP contribution in [0.15, 0.2) is 73.8 Å². The first-order valence-corrected chi connectivity index (χ1v) is 11.1. The Bertz CT molecular complexity index is 934. The van der Waals surface area contributed by atoms with Crippen LogP contribution in [0.5, 0.6) is 11.5 Å². The first kappa shape index (κ1) is 27.6. The maximum Gasteiger partial charge on any atom is 0.330 e. The van der Waals surface area contributed by atoms with Crippen LogP contribution in [0.2, 0.25) is 0 Å². The van der Waals surface area contributed by atoms with E-state index in [2.05, 4.69) is 27.0 Å². The Morgan fingerprint density at radius 3 is 1.57 bits per heavy atom. The van der Waals surface area contributed by atoms with Crippen LogP contribution in [0.1, 0.15) is 25.0 Å². The summed E-state index contributed by atoms with van der Waals surface area (Å²) in [6.07, 6.45) is 0.116. The molecule has 0 aliphatic carbocycles. The Morgan fingerprint density at radius 1 is 0.800 bits per heavy atom. The third-order valence-electron chi connectivity index (χ3n) is 5.17. The molecule has 0 aromatic heterocycles. The number of hydrogen-bond acceptors (Lipinski definition) is 8. The predicted octanol–water partition coefficient (Wildman–Crippen LogP) is 2.95. The quantitative estimate of drug-likeness (QED) is 0.311. The fourth-order valence-electron chi connectivity index (χ4n) is 3.07. The van der Waals surface area contributed by atoms with Crippen molar-refractivity contribution in [3.05, 3.63) is 85.0 Å². The molecule has 0 fully saturated rings. The molecule has 2 rings (SSSR count). The molecule has 8 heteroatoms. The molecule has 0 bridgehead atoms. The van der Waals surface area contributed by atoms with E-state index in [1.54, 1.807) is 12.1 Å². The van der Waals surface area contributed by atoms with Crippen LogP contribution >= 0.6 is 0 Å². The molecular formula is C27H32O8. The summed E-state index contributed by atoms with van der Waals surface area (Å²) < 4.78 is 21.0. The number of ether oxygens (including phenoxy) is 4. The highest BCUT2D eigenvalue weighted by Gasteiger charge is 2.24. The van der Waals surface area contributed by atoms with Gasteiger partial charge in [0.15, 0.2) is 0 Å². The van der Waals surface area contributed by atoms with Crippen LogP contribution in [-0.4, -0.2) is 60.8 Å². The van der Waals surface area contributed by atoms with E-state index in [1.807, 2.05) is 36.4 Å². The highest BCUT2D eigenvalue weighted by molar-refractivity contribution is 5.81. The molecule has 0 amide bonds. The number of hydrogen-bond donors (Lipinski definition) is 2. The van der Waals surface area contributed by atoms with Crippen molar-refractivity contribution in [3.63, 3.8) is 0 Å². The molecule has 2 aromatic carbocycles. The molecule has 0 heterocycles. The van der Waals surface area contributed by atoms with E-state index in [0.29, 0.717) is 11.5 Å². The number of esters is 2. The van der Waals surface area contributed by atoms with Gasteiger partial charge in [0.25, 0.3) is 0 Å². The Labute approximate surface area is 205 Å². The lowest BCUT2D eigenvalue weighted by Crippen LogP contribution is -2.25. The first-order chi connectivity index (χ1) is 16.6. The van der Waals surface area contributed by atoms with Crippen LogP contribution in [0.4, 0.5) is 0 Å². The van der Waals surface area contributed by atoms with E-state index < -0.39 is 29.6 Å². The summed E-state index contributed by atoms with van der Waals surface area (Å²) in [6.45, 7) is 10.3. The molecule has 0 aliphatic rings. The van der Waals surface area contributed by atoms with Crippen LogP contribution in [0, 0.1) is 0 Å². The van der Waals surface area contributed by atoms with Gasteiger partial charge in [-0.05, 0) is 35.4 Å². The van der Waals surface area contributed by atoms with Crippen molar-refractivity contribution in [1.29, 1.82) is 0 Å². The molecule has 2 N–H and O–H groups in total. The largest absolute Gasteiger partial charge is 0.491 e. The minimum Gasteiger partial charge on any atom is -0.491 e. The lowest BCUT2D eigenvalue weighted by atomic mass is 9.78. The second-order valence-corrected chi connectivity index (χ2v) is 8.28. The molecule has 35 heavy (non-hydrogen) atoms. The molecule has 188 valence electrons. The molecular weight excluding hydrogens is 452 g/mol. The Kier molecular flexibility index (Phi) is 10.5. The topological polar surface area (TPSA) is 112 Å². The molecule has 0 radical (unpaired) electrons. The van der Waals surface area contributed by atoms with Gasteiger partial charge in [-0.25, -0.2) is 9.59 Å². The molecule has 2 atom stereocenters. The van der Waals surface area contributed by atoms with E-state index in [9.17, 15) is 19.8 Å². The van der Waals surface area contributed by atoms with Gasteiger partial charge >= 0.3 is 11.9 Å². The van der Waals surface area contributed by atoms with E-state index in [0.717, 1.165) is 23.3 Å². The summed E-state index contributed by atoms with van der Waals surface area (Å²) in [5, 5.41) is 19.9. The van der Waals surface area contributed by atoms with Gasteiger partial charge < -0.3 is 29.2 Å². The van der Waals surface area contributed by atoms with Crippen LogP contribution in [-0.2, 0) is 24.5 Å². The van der Waals surface area contributed by atoms with Gasteiger partial charge in [-0.2, -0.15) is 0 Å². The summed E-state index contributed by atoms with van der Waals surface area (Å²) >= 11 is 0. The molecule has 2 unspecified atom stereocenters. The normalized spacial score (nSPS) is 12.7. The highest BCUT2D eigenvalue weighted by atomic mass is 16.6. The number of carbonyl (C=O) groups excluding carboxylic acids is 2. The Hall–Kier alpha value is -3.62. The van der Waals surface area contributed by atoms with Gasteiger partial charge in [-0.3, -0.25) is 0 Å². The average Bonchev–Trinajstić information content (AvgIpc) is 2.88. The lowest BCUT2D eigenvalue weighted by Gasteiger charge is -2.27. The smallest absolute Gasteiger partial charge is 0.330 e. The maximum atomic E-state index is 11.1. The minimum atomic E-state index is -0.972. The molecule has 0 saturated heterocycles. The zero-order valence-corrected chi connectivity index (χ0v) is 20.0. The number of rotatable bonds is 14. The lowest BCUT2D eigenvalue weighted by molar-refractivity contribution is -0.142. The third kappa shape index (κ3) is 8.92. The van der Waals surface area contributed by atoms with Gasteiger partial charge in [-0.15, -0.1) is 0 Å². The highest BCUT2D eigenvalue weighted by Crippen LogP contribution is 2.34. The number of benzene rings is 2. The SMILES string of the molecule is C=CC(=O)OCC(O)COc1cccc(C(C)(C)c2cccc(OCC(O)COC(=O)C=C)c2)c1. The monoisotopic (exact) mass is 484 g/mol. The van der Waals surface area contributed by atoms with Crippen molar-refractivity contribution in [2.45, 2.75) is 31.5 Å². The second-order valence-electron chi connectivity index (χ2n) is 8.28. The summed E-state index contributed by atoms with van der Waals surface area (Å²) in [5.74, 6) is -0.0853. The molecule has 0 spiro atoms. The fraction of sp³-hybridized carbons (Fsp3) is 0.333. The standard InChI is InChI=1S/C27H32O8/c1-5-25(30)34-17-21(28)15-32-23-11-7-9-19(13-23)27(3,4)20-10-8-12-24(14-20)33-16-22(29)18-35-26(31)6-2/h5-14,21-22,28-29H,1-2,15-18H2,3-4H3. The van der Waals surface area contributed by atoms with Crippen LogP contribution in [0.3, 0.4) is 0 Å². The van der Waals surface area contributed by atoms with Crippen molar-refractivity contribution in [1.82, 2.24) is 0 Å². The Balaban J connectivity index is 2.01. The first-order valence-electron chi connectivity index (χ1n) is 11.1. The van der Waals surface area contributed by atoms with Gasteiger partial charge in [-0.1, -0.05) is 51.3 Å². The third-order valence-corrected chi connectivity index (χ3v) is 5.17. The maximum absolute atomic E-state index is 11.1. The zero-order valence-electron chi connectivity index (χ0n) is 20.0. The summed E-state index contributed by atoms with van der Waals surface area (Å²) in [6, 6.07) is 15.0. The summed E-state index contributed by atoms with van der Waals surface area (Å²) in [5.41, 5.74) is 1.52. The van der Waals surface area contributed by atoms with Crippen molar-refractivity contribution in [3.8, 4) is 11.5 Å². The Morgan fingerprint density at radius 2 is 1.20 bits per heavy atom. The van der Waals surface area contributed by atoms with Crippen molar-refractivity contribution >= 4 is 11.9 Å². The van der Waals surface area contributed by atoms with Gasteiger partial charge in [0.1, 0.15) is 50.1 Å². The minimum absolute atomic E-state index is 0.0396. The second kappa shape index (κ2) is 13.3. The zero-order chi connectivity index (χ0) is 25.8. The molecule has 2 aromatic rings. The van der Waals surface area contributed by atoms with Gasteiger partial charge in [0, 0.05) is 17.6 Å². The number of aliphatic hydroxyl groups is 2.